The van der Waals surface area contributed by atoms with Crippen LogP contribution in [0.15, 0.2) is 42.5 Å². The molecule has 2 rings (SSSR count). The van der Waals surface area contributed by atoms with E-state index in [9.17, 15) is 22.4 Å². The standard InChI is InChI=1S/C14H9F4NO/c15-13-6-3-10(7-12(13)14(16,17)18)9-1-4-11(5-2-9)19-8-20/h1-8H,(H,19,20). The molecule has 0 atom stereocenters. The molecule has 0 aliphatic rings. The fraction of sp³-hybridized carbons (Fsp3) is 0.0714. The van der Waals surface area contributed by atoms with Crippen molar-refractivity contribution < 1.29 is 22.4 Å². The highest BCUT2D eigenvalue weighted by Crippen LogP contribution is 2.34. The Morgan fingerprint density at radius 2 is 1.55 bits per heavy atom. The van der Waals surface area contributed by atoms with Crippen LogP contribution in [0.5, 0.6) is 0 Å². The van der Waals surface area contributed by atoms with Gasteiger partial charge in [0, 0.05) is 5.69 Å². The van der Waals surface area contributed by atoms with Crippen molar-refractivity contribution in [2.75, 3.05) is 5.32 Å². The highest BCUT2D eigenvalue weighted by atomic mass is 19.4. The van der Waals surface area contributed by atoms with Crippen molar-refractivity contribution in [2.45, 2.75) is 6.18 Å². The topological polar surface area (TPSA) is 29.1 Å². The third kappa shape index (κ3) is 2.96. The average molecular weight is 283 g/mol. The third-order valence-corrected chi connectivity index (χ3v) is 2.72. The van der Waals surface area contributed by atoms with Gasteiger partial charge >= 0.3 is 6.18 Å². The van der Waals surface area contributed by atoms with Crippen LogP contribution in [-0.2, 0) is 11.0 Å². The number of anilines is 1. The summed E-state index contributed by atoms with van der Waals surface area (Å²) in [5.41, 5.74) is -0.0460. The maximum atomic E-state index is 13.2. The van der Waals surface area contributed by atoms with E-state index < -0.39 is 17.6 Å². The van der Waals surface area contributed by atoms with Gasteiger partial charge in [0.2, 0.25) is 6.41 Å². The van der Waals surface area contributed by atoms with Crippen molar-refractivity contribution in [2.24, 2.45) is 0 Å². The highest BCUT2D eigenvalue weighted by Gasteiger charge is 2.34. The van der Waals surface area contributed by atoms with E-state index in [1.807, 2.05) is 0 Å². The predicted molar refractivity (Wildman–Crippen MR) is 66.5 cm³/mol. The van der Waals surface area contributed by atoms with Crippen LogP contribution >= 0.6 is 0 Å². The van der Waals surface area contributed by atoms with E-state index >= 15 is 0 Å². The summed E-state index contributed by atoms with van der Waals surface area (Å²) in [5, 5.41) is 2.41. The number of amides is 1. The van der Waals surface area contributed by atoms with Gasteiger partial charge in [0.1, 0.15) is 5.82 Å². The minimum Gasteiger partial charge on any atom is -0.329 e. The Morgan fingerprint density at radius 1 is 0.950 bits per heavy atom. The molecule has 2 nitrogen and oxygen atoms in total. The molecule has 0 heterocycles. The zero-order chi connectivity index (χ0) is 14.8. The number of hydrogen-bond acceptors (Lipinski definition) is 1. The first-order valence-electron chi connectivity index (χ1n) is 5.59. The molecule has 2 aromatic carbocycles. The zero-order valence-electron chi connectivity index (χ0n) is 10.0. The average Bonchev–Trinajstić information content (AvgIpc) is 2.39. The third-order valence-electron chi connectivity index (χ3n) is 2.72. The lowest BCUT2D eigenvalue weighted by atomic mass is 10.0. The van der Waals surface area contributed by atoms with Crippen molar-refractivity contribution in [3.8, 4) is 11.1 Å². The van der Waals surface area contributed by atoms with E-state index in [1.54, 1.807) is 24.3 Å². The van der Waals surface area contributed by atoms with Gasteiger partial charge in [-0.25, -0.2) is 4.39 Å². The van der Waals surface area contributed by atoms with Crippen LogP contribution in [-0.4, -0.2) is 6.41 Å². The smallest absolute Gasteiger partial charge is 0.329 e. The lowest BCUT2D eigenvalue weighted by molar-refractivity contribution is -0.139. The van der Waals surface area contributed by atoms with Crippen molar-refractivity contribution >= 4 is 12.1 Å². The first-order chi connectivity index (χ1) is 9.41. The Morgan fingerprint density at radius 3 is 2.10 bits per heavy atom. The molecular weight excluding hydrogens is 274 g/mol. The molecule has 0 fully saturated rings. The van der Waals surface area contributed by atoms with Crippen LogP contribution in [0.1, 0.15) is 5.56 Å². The summed E-state index contributed by atoms with van der Waals surface area (Å²) >= 11 is 0. The molecule has 2 aromatic rings. The minimum absolute atomic E-state index is 0.247. The molecule has 0 saturated carbocycles. The zero-order valence-corrected chi connectivity index (χ0v) is 10.0. The summed E-state index contributed by atoms with van der Waals surface area (Å²) in [5.74, 6) is -1.31. The van der Waals surface area contributed by atoms with Gasteiger partial charge in [0.15, 0.2) is 0 Å². The number of benzene rings is 2. The molecule has 0 bridgehead atoms. The molecular formula is C14H9F4NO. The number of rotatable bonds is 3. The van der Waals surface area contributed by atoms with Crippen LogP contribution in [0.3, 0.4) is 0 Å². The van der Waals surface area contributed by atoms with E-state index in [0.717, 1.165) is 12.1 Å². The lowest BCUT2D eigenvalue weighted by Gasteiger charge is -2.10. The Balaban J connectivity index is 2.40. The van der Waals surface area contributed by atoms with Gasteiger partial charge in [-0.15, -0.1) is 0 Å². The number of alkyl halides is 3. The molecule has 0 spiro atoms. The predicted octanol–water partition coefficient (Wildman–Crippen LogP) is 4.08. The maximum absolute atomic E-state index is 13.2. The van der Waals surface area contributed by atoms with E-state index in [1.165, 1.54) is 6.07 Å². The fourth-order valence-corrected chi connectivity index (χ4v) is 1.75. The first kappa shape index (κ1) is 14.0. The second-order valence-electron chi connectivity index (χ2n) is 4.03. The van der Waals surface area contributed by atoms with Gasteiger partial charge < -0.3 is 5.32 Å². The molecule has 0 radical (unpaired) electrons. The van der Waals surface area contributed by atoms with Crippen LogP contribution in [0.2, 0.25) is 0 Å². The Bertz CT molecular complexity index is 620. The van der Waals surface area contributed by atoms with Gasteiger partial charge in [0.25, 0.3) is 0 Å². The molecule has 0 saturated heterocycles. The van der Waals surface area contributed by atoms with Gasteiger partial charge in [-0.3, -0.25) is 4.79 Å². The number of nitrogens with one attached hydrogen (secondary N) is 1. The van der Waals surface area contributed by atoms with E-state index in [0.29, 0.717) is 17.7 Å². The number of halogens is 4. The van der Waals surface area contributed by atoms with Crippen molar-refractivity contribution in [1.82, 2.24) is 0 Å². The highest BCUT2D eigenvalue weighted by molar-refractivity contribution is 5.74. The minimum atomic E-state index is -4.74. The van der Waals surface area contributed by atoms with Crippen LogP contribution < -0.4 is 5.32 Å². The summed E-state index contributed by atoms with van der Waals surface area (Å²) in [6.45, 7) is 0. The second kappa shape index (κ2) is 5.32. The van der Waals surface area contributed by atoms with Gasteiger partial charge in [-0.05, 0) is 35.4 Å². The molecule has 0 aromatic heterocycles. The normalized spacial score (nSPS) is 11.2. The van der Waals surface area contributed by atoms with E-state index in [2.05, 4.69) is 5.32 Å². The largest absolute Gasteiger partial charge is 0.419 e. The second-order valence-corrected chi connectivity index (χ2v) is 4.03. The summed E-state index contributed by atoms with van der Waals surface area (Å²) < 4.78 is 51.0. The molecule has 104 valence electrons. The van der Waals surface area contributed by atoms with Gasteiger partial charge in [0.05, 0.1) is 5.56 Å². The monoisotopic (exact) mass is 283 g/mol. The quantitative estimate of drug-likeness (QED) is 0.667. The summed E-state index contributed by atoms with van der Waals surface area (Å²) in [6, 6.07) is 8.99. The Kier molecular flexibility index (Phi) is 3.74. The van der Waals surface area contributed by atoms with Gasteiger partial charge in [-0.2, -0.15) is 13.2 Å². The molecule has 1 amide bonds. The van der Waals surface area contributed by atoms with Crippen LogP contribution in [0, 0.1) is 5.82 Å². The maximum Gasteiger partial charge on any atom is 0.419 e. The SMILES string of the molecule is O=CNc1ccc(-c2ccc(F)c(C(F)(F)F)c2)cc1. The van der Waals surface area contributed by atoms with E-state index in [4.69, 9.17) is 0 Å². The van der Waals surface area contributed by atoms with E-state index in [-0.39, 0.29) is 5.56 Å². The van der Waals surface area contributed by atoms with Crippen LogP contribution in [0.25, 0.3) is 11.1 Å². The summed E-state index contributed by atoms with van der Waals surface area (Å²) in [4.78, 5) is 10.2. The number of carbonyl (C=O) groups is 1. The first-order valence-corrected chi connectivity index (χ1v) is 5.59. The number of carbonyl (C=O) groups excluding carboxylic acids is 1. The Labute approximate surface area is 112 Å². The van der Waals surface area contributed by atoms with Crippen molar-refractivity contribution in [1.29, 1.82) is 0 Å². The summed E-state index contributed by atoms with van der Waals surface area (Å²) in [6.07, 6.45) is -4.24. The molecule has 20 heavy (non-hydrogen) atoms. The van der Waals surface area contributed by atoms with Crippen molar-refractivity contribution in [3.63, 3.8) is 0 Å². The lowest BCUT2D eigenvalue weighted by Crippen LogP contribution is -2.08. The molecule has 0 unspecified atom stereocenters. The molecule has 1 N–H and O–H groups in total. The van der Waals surface area contributed by atoms with Crippen LogP contribution in [0.4, 0.5) is 23.2 Å². The van der Waals surface area contributed by atoms with Gasteiger partial charge in [-0.1, -0.05) is 18.2 Å². The number of hydrogen-bond donors (Lipinski definition) is 1. The molecule has 6 heteroatoms. The fourth-order valence-electron chi connectivity index (χ4n) is 1.75. The van der Waals surface area contributed by atoms with Crippen molar-refractivity contribution in [3.05, 3.63) is 53.8 Å². The Hall–Kier alpha value is -2.37. The molecule has 0 aliphatic heterocycles. The molecule has 0 aliphatic carbocycles. The summed E-state index contributed by atoms with van der Waals surface area (Å²) in [7, 11) is 0.